The summed E-state index contributed by atoms with van der Waals surface area (Å²) in [6, 6.07) is 1.17. The monoisotopic (exact) mass is 327 g/mol. The van der Waals surface area contributed by atoms with Crippen LogP contribution in [0.4, 0.5) is 4.79 Å². The average Bonchev–Trinajstić information content (AvgIpc) is 2.47. The van der Waals surface area contributed by atoms with Gasteiger partial charge in [0.25, 0.3) is 0 Å². The number of hydrogen-bond acceptors (Lipinski definition) is 5. The summed E-state index contributed by atoms with van der Waals surface area (Å²) >= 11 is 0. The highest BCUT2D eigenvalue weighted by Crippen LogP contribution is 2.17. The van der Waals surface area contributed by atoms with Crippen molar-refractivity contribution in [3.8, 4) is 0 Å². The van der Waals surface area contributed by atoms with E-state index in [2.05, 4.69) is 24.2 Å². The summed E-state index contributed by atoms with van der Waals surface area (Å²) in [7, 11) is 2.18. The van der Waals surface area contributed by atoms with E-state index in [0.717, 1.165) is 25.9 Å². The molecule has 3 unspecified atom stereocenters. The molecule has 0 radical (unpaired) electrons. The molecule has 0 aliphatic carbocycles. The fourth-order valence-electron chi connectivity index (χ4n) is 3.16. The minimum Gasteiger partial charge on any atom is -0.444 e. The number of nitrogens with zero attached hydrogens (tertiary/aromatic N) is 2. The number of carbonyl (C=O) groups excluding carboxylic acids is 1. The molecule has 2 fully saturated rings. The normalized spacial score (nSPS) is 30.3. The van der Waals surface area contributed by atoms with Gasteiger partial charge < -0.3 is 19.7 Å². The first kappa shape index (κ1) is 18.5. The van der Waals surface area contributed by atoms with Gasteiger partial charge in [-0.25, -0.2) is 4.79 Å². The lowest BCUT2D eigenvalue weighted by molar-refractivity contribution is -0.0326. The molecule has 0 aromatic rings. The molecule has 2 aliphatic heterocycles. The fourth-order valence-corrected chi connectivity index (χ4v) is 3.16. The van der Waals surface area contributed by atoms with Gasteiger partial charge in [-0.05, 0) is 54.1 Å². The van der Waals surface area contributed by atoms with Crippen molar-refractivity contribution in [1.29, 1.82) is 0 Å². The van der Waals surface area contributed by atoms with E-state index >= 15 is 0 Å². The Hall–Kier alpha value is -0.850. The molecule has 1 amide bonds. The van der Waals surface area contributed by atoms with Gasteiger partial charge >= 0.3 is 6.09 Å². The molecule has 2 heterocycles. The molecule has 2 saturated heterocycles. The van der Waals surface area contributed by atoms with Gasteiger partial charge in [-0.3, -0.25) is 4.90 Å². The Labute approximate surface area is 140 Å². The minimum absolute atomic E-state index is 0.0496. The number of piperidine rings is 1. The standard InChI is InChI=1S/C17H33N3O3/c1-13-10-14(6-7-19(13)5)18-11-15-12-22-9-8-20(15)16(21)23-17(2,3)4/h13-15,18H,6-12H2,1-5H3. The van der Waals surface area contributed by atoms with Crippen LogP contribution in [0.5, 0.6) is 0 Å². The molecule has 0 bridgehead atoms. The lowest BCUT2D eigenvalue weighted by Gasteiger charge is -2.39. The lowest BCUT2D eigenvalue weighted by atomic mass is 9.98. The number of carbonyl (C=O) groups is 1. The number of hydrogen-bond donors (Lipinski definition) is 1. The van der Waals surface area contributed by atoms with Gasteiger partial charge in [0.2, 0.25) is 0 Å². The van der Waals surface area contributed by atoms with E-state index < -0.39 is 5.60 Å². The third kappa shape index (κ3) is 5.62. The summed E-state index contributed by atoms with van der Waals surface area (Å²) in [5, 5.41) is 3.63. The van der Waals surface area contributed by atoms with E-state index in [1.165, 1.54) is 0 Å². The molecule has 6 nitrogen and oxygen atoms in total. The van der Waals surface area contributed by atoms with Crippen LogP contribution >= 0.6 is 0 Å². The van der Waals surface area contributed by atoms with Crippen molar-refractivity contribution in [1.82, 2.24) is 15.1 Å². The zero-order valence-electron chi connectivity index (χ0n) is 15.3. The molecule has 2 aliphatic rings. The fraction of sp³-hybridized carbons (Fsp3) is 0.941. The van der Waals surface area contributed by atoms with Gasteiger partial charge in [0.15, 0.2) is 0 Å². The summed E-state index contributed by atoms with van der Waals surface area (Å²) in [6.07, 6.45) is 2.07. The number of rotatable bonds is 3. The van der Waals surface area contributed by atoms with Crippen LogP contribution in [-0.2, 0) is 9.47 Å². The van der Waals surface area contributed by atoms with E-state index in [1.54, 1.807) is 0 Å². The van der Waals surface area contributed by atoms with Crippen molar-refractivity contribution < 1.29 is 14.3 Å². The van der Waals surface area contributed by atoms with E-state index in [0.29, 0.717) is 31.8 Å². The second-order valence-electron chi connectivity index (χ2n) is 7.86. The second kappa shape index (κ2) is 7.81. The van der Waals surface area contributed by atoms with Crippen molar-refractivity contribution in [2.75, 3.05) is 39.9 Å². The van der Waals surface area contributed by atoms with Crippen molar-refractivity contribution in [3.63, 3.8) is 0 Å². The maximum Gasteiger partial charge on any atom is 0.410 e. The highest BCUT2D eigenvalue weighted by Gasteiger charge is 2.32. The van der Waals surface area contributed by atoms with Crippen molar-refractivity contribution in [2.45, 2.75) is 64.3 Å². The third-order valence-electron chi connectivity index (χ3n) is 4.71. The summed E-state index contributed by atoms with van der Waals surface area (Å²) in [4.78, 5) is 16.6. The predicted molar refractivity (Wildman–Crippen MR) is 90.7 cm³/mol. The number of amides is 1. The van der Waals surface area contributed by atoms with Gasteiger partial charge in [-0.1, -0.05) is 0 Å². The number of likely N-dealkylation sites (tertiary alicyclic amines) is 1. The smallest absolute Gasteiger partial charge is 0.410 e. The predicted octanol–water partition coefficient (Wildman–Crippen LogP) is 1.69. The Morgan fingerprint density at radius 1 is 1.35 bits per heavy atom. The Bertz CT molecular complexity index is 397. The average molecular weight is 327 g/mol. The quantitative estimate of drug-likeness (QED) is 0.855. The van der Waals surface area contributed by atoms with Crippen LogP contribution < -0.4 is 5.32 Å². The van der Waals surface area contributed by atoms with Crippen molar-refractivity contribution >= 4 is 6.09 Å². The number of ether oxygens (including phenoxy) is 2. The Morgan fingerprint density at radius 3 is 2.74 bits per heavy atom. The molecule has 23 heavy (non-hydrogen) atoms. The molecule has 6 heteroatoms. The van der Waals surface area contributed by atoms with Crippen LogP contribution in [0, 0.1) is 0 Å². The molecular formula is C17H33N3O3. The van der Waals surface area contributed by atoms with E-state index in [1.807, 2.05) is 25.7 Å². The maximum atomic E-state index is 12.4. The molecule has 0 saturated carbocycles. The highest BCUT2D eigenvalue weighted by atomic mass is 16.6. The van der Waals surface area contributed by atoms with Crippen LogP contribution in [0.3, 0.4) is 0 Å². The molecule has 0 aromatic carbocycles. The summed E-state index contributed by atoms with van der Waals surface area (Å²) in [6.45, 7) is 11.6. The molecule has 1 N–H and O–H groups in total. The Balaban J connectivity index is 1.85. The molecule has 0 aromatic heterocycles. The first-order valence-electron chi connectivity index (χ1n) is 8.77. The first-order chi connectivity index (χ1) is 10.8. The first-order valence-corrected chi connectivity index (χ1v) is 8.77. The minimum atomic E-state index is -0.462. The van der Waals surface area contributed by atoms with Crippen LogP contribution in [0.1, 0.15) is 40.5 Å². The number of morpholine rings is 1. The van der Waals surface area contributed by atoms with Gasteiger partial charge in [-0.2, -0.15) is 0 Å². The van der Waals surface area contributed by atoms with E-state index in [4.69, 9.17) is 9.47 Å². The molecule has 3 atom stereocenters. The third-order valence-corrected chi connectivity index (χ3v) is 4.71. The maximum absolute atomic E-state index is 12.4. The second-order valence-corrected chi connectivity index (χ2v) is 7.86. The zero-order valence-corrected chi connectivity index (χ0v) is 15.3. The summed E-state index contributed by atoms with van der Waals surface area (Å²) in [5.74, 6) is 0. The van der Waals surface area contributed by atoms with Crippen molar-refractivity contribution in [3.05, 3.63) is 0 Å². The molecule has 0 spiro atoms. The van der Waals surface area contributed by atoms with Gasteiger partial charge in [0.1, 0.15) is 5.60 Å². The van der Waals surface area contributed by atoms with Gasteiger partial charge in [0, 0.05) is 25.2 Å². The molecule has 134 valence electrons. The van der Waals surface area contributed by atoms with E-state index in [-0.39, 0.29) is 12.1 Å². The van der Waals surface area contributed by atoms with Gasteiger partial charge in [-0.15, -0.1) is 0 Å². The van der Waals surface area contributed by atoms with Crippen LogP contribution in [-0.4, -0.2) is 79.5 Å². The summed E-state index contributed by atoms with van der Waals surface area (Å²) < 4.78 is 11.1. The summed E-state index contributed by atoms with van der Waals surface area (Å²) in [5.41, 5.74) is -0.462. The highest BCUT2D eigenvalue weighted by molar-refractivity contribution is 5.68. The lowest BCUT2D eigenvalue weighted by Crippen LogP contribution is -2.56. The Kier molecular flexibility index (Phi) is 6.28. The Morgan fingerprint density at radius 2 is 2.09 bits per heavy atom. The largest absolute Gasteiger partial charge is 0.444 e. The molecular weight excluding hydrogens is 294 g/mol. The van der Waals surface area contributed by atoms with Crippen molar-refractivity contribution in [2.24, 2.45) is 0 Å². The van der Waals surface area contributed by atoms with E-state index in [9.17, 15) is 4.79 Å². The topological polar surface area (TPSA) is 54.0 Å². The molecule has 2 rings (SSSR count). The van der Waals surface area contributed by atoms with Crippen LogP contribution in [0.15, 0.2) is 0 Å². The SMILES string of the molecule is CC1CC(NCC2COCCN2C(=O)OC(C)(C)C)CCN1C. The van der Waals surface area contributed by atoms with Crippen LogP contribution in [0.2, 0.25) is 0 Å². The van der Waals surface area contributed by atoms with Gasteiger partial charge in [0.05, 0.1) is 19.3 Å². The number of nitrogens with one attached hydrogen (secondary N) is 1. The van der Waals surface area contributed by atoms with Crippen LogP contribution in [0.25, 0.3) is 0 Å². The zero-order chi connectivity index (χ0) is 17.0.